The molecule has 1 aromatic carbocycles. The first-order chi connectivity index (χ1) is 9.23. The number of benzene rings is 1. The molecule has 1 aromatic rings. The zero-order chi connectivity index (χ0) is 15.4. The Hall–Kier alpha value is -2.25. The minimum atomic E-state index is -1.69. The fraction of sp³-hybridized carbons (Fsp3) is 0.333. The van der Waals surface area contributed by atoms with Crippen molar-refractivity contribution in [2.24, 2.45) is 5.92 Å². The van der Waals surface area contributed by atoms with Gasteiger partial charge < -0.3 is 15.3 Å². The van der Waals surface area contributed by atoms with Crippen LogP contribution >= 0.6 is 0 Å². The van der Waals surface area contributed by atoms with Crippen LogP contribution in [0, 0.1) is 23.4 Å². The maximum atomic E-state index is 13.3. The fourth-order valence-corrected chi connectivity index (χ4v) is 1.40. The summed E-state index contributed by atoms with van der Waals surface area (Å²) in [5.74, 6) is -6.49. The standard InChI is InChI=1S/C12H13F3N2O3/c1-6(11(18)19)5-17(2)12(20)16-8-4-3-7(13)9(14)10(8)15/h3-4,6H,5H2,1-2H3,(H,16,20)(H,18,19). The van der Waals surface area contributed by atoms with Crippen molar-refractivity contribution < 1.29 is 27.9 Å². The van der Waals surface area contributed by atoms with Gasteiger partial charge in [0, 0.05) is 13.6 Å². The number of rotatable bonds is 4. The van der Waals surface area contributed by atoms with Gasteiger partial charge in [-0.25, -0.2) is 18.0 Å². The van der Waals surface area contributed by atoms with Gasteiger partial charge in [-0.2, -0.15) is 0 Å². The molecule has 1 rings (SSSR count). The van der Waals surface area contributed by atoms with E-state index in [9.17, 15) is 22.8 Å². The van der Waals surface area contributed by atoms with Crippen LogP contribution in [-0.4, -0.2) is 35.6 Å². The number of hydrogen-bond acceptors (Lipinski definition) is 2. The van der Waals surface area contributed by atoms with Gasteiger partial charge in [-0.3, -0.25) is 4.79 Å². The van der Waals surface area contributed by atoms with Crippen LogP contribution in [0.2, 0.25) is 0 Å². The quantitative estimate of drug-likeness (QED) is 0.836. The highest BCUT2D eigenvalue weighted by Gasteiger charge is 2.20. The Labute approximate surface area is 113 Å². The van der Waals surface area contributed by atoms with E-state index in [1.54, 1.807) is 0 Å². The molecule has 110 valence electrons. The van der Waals surface area contributed by atoms with Gasteiger partial charge in [0.15, 0.2) is 17.5 Å². The van der Waals surface area contributed by atoms with Crippen LogP contribution in [0.4, 0.5) is 23.7 Å². The largest absolute Gasteiger partial charge is 0.481 e. The highest BCUT2D eigenvalue weighted by Crippen LogP contribution is 2.19. The monoisotopic (exact) mass is 290 g/mol. The average Bonchev–Trinajstić information content (AvgIpc) is 2.39. The molecule has 1 unspecified atom stereocenters. The van der Waals surface area contributed by atoms with Gasteiger partial charge in [-0.15, -0.1) is 0 Å². The highest BCUT2D eigenvalue weighted by atomic mass is 19.2. The molecule has 1 atom stereocenters. The van der Waals surface area contributed by atoms with Gasteiger partial charge in [0.25, 0.3) is 0 Å². The maximum Gasteiger partial charge on any atom is 0.321 e. The number of amides is 2. The zero-order valence-corrected chi connectivity index (χ0v) is 10.8. The number of carbonyl (C=O) groups excluding carboxylic acids is 1. The van der Waals surface area contributed by atoms with Gasteiger partial charge in [-0.1, -0.05) is 6.92 Å². The Morgan fingerprint density at radius 2 is 1.90 bits per heavy atom. The summed E-state index contributed by atoms with van der Waals surface area (Å²) in [5.41, 5.74) is -0.524. The second kappa shape index (κ2) is 6.27. The molecule has 2 amide bonds. The van der Waals surface area contributed by atoms with Gasteiger partial charge in [0.2, 0.25) is 0 Å². The number of carbonyl (C=O) groups is 2. The molecule has 0 spiro atoms. The van der Waals surface area contributed by atoms with Crippen molar-refractivity contribution in [2.75, 3.05) is 18.9 Å². The molecule has 0 aromatic heterocycles. The lowest BCUT2D eigenvalue weighted by Crippen LogP contribution is -2.36. The van der Waals surface area contributed by atoms with Crippen molar-refractivity contribution in [1.29, 1.82) is 0 Å². The van der Waals surface area contributed by atoms with Crippen molar-refractivity contribution in [2.45, 2.75) is 6.92 Å². The topological polar surface area (TPSA) is 69.6 Å². The predicted molar refractivity (Wildman–Crippen MR) is 64.8 cm³/mol. The molecule has 0 saturated heterocycles. The minimum absolute atomic E-state index is 0.119. The number of nitrogens with zero attached hydrogens (tertiary/aromatic N) is 1. The molecule has 20 heavy (non-hydrogen) atoms. The Kier molecular flexibility index (Phi) is 4.95. The van der Waals surface area contributed by atoms with E-state index >= 15 is 0 Å². The molecule has 0 aliphatic carbocycles. The van der Waals surface area contributed by atoms with Crippen LogP contribution in [0.3, 0.4) is 0 Å². The van der Waals surface area contributed by atoms with Crippen molar-refractivity contribution in [3.05, 3.63) is 29.6 Å². The second-order valence-electron chi connectivity index (χ2n) is 4.27. The SMILES string of the molecule is CC(CN(C)C(=O)Nc1ccc(F)c(F)c1F)C(=O)O. The molecule has 0 aliphatic rings. The summed E-state index contributed by atoms with van der Waals surface area (Å²) in [4.78, 5) is 23.3. The van der Waals surface area contributed by atoms with E-state index in [1.165, 1.54) is 14.0 Å². The Morgan fingerprint density at radius 1 is 1.30 bits per heavy atom. The first-order valence-electron chi connectivity index (χ1n) is 5.62. The lowest BCUT2D eigenvalue weighted by Gasteiger charge is -2.20. The number of halogens is 3. The summed E-state index contributed by atoms with van der Waals surface area (Å²) in [6.45, 7) is 1.27. The molecular weight excluding hydrogens is 277 g/mol. The van der Waals surface area contributed by atoms with Crippen molar-refractivity contribution in [3.63, 3.8) is 0 Å². The van der Waals surface area contributed by atoms with E-state index in [0.29, 0.717) is 6.07 Å². The maximum absolute atomic E-state index is 13.3. The van der Waals surface area contributed by atoms with Crippen molar-refractivity contribution >= 4 is 17.7 Å². The number of carboxylic acids is 1. The van der Waals surface area contributed by atoms with Crippen LogP contribution in [0.15, 0.2) is 12.1 Å². The molecule has 2 N–H and O–H groups in total. The first-order valence-corrected chi connectivity index (χ1v) is 5.62. The first kappa shape index (κ1) is 15.8. The van der Waals surface area contributed by atoms with Crippen molar-refractivity contribution in [1.82, 2.24) is 4.90 Å². The smallest absolute Gasteiger partial charge is 0.321 e. The van der Waals surface area contributed by atoms with Gasteiger partial charge >= 0.3 is 12.0 Å². The van der Waals surface area contributed by atoms with E-state index in [-0.39, 0.29) is 6.54 Å². The van der Waals surface area contributed by atoms with E-state index in [4.69, 9.17) is 5.11 Å². The number of hydrogen-bond donors (Lipinski definition) is 2. The fourth-order valence-electron chi connectivity index (χ4n) is 1.40. The summed E-state index contributed by atoms with van der Waals surface area (Å²) < 4.78 is 39.0. The molecule has 0 aliphatic heterocycles. The van der Waals surface area contributed by atoms with Gasteiger partial charge in [0.05, 0.1) is 11.6 Å². The molecule has 0 saturated carbocycles. The number of carboxylic acid groups (broad SMARTS) is 1. The van der Waals surface area contributed by atoms with Crippen LogP contribution in [0.5, 0.6) is 0 Å². The number of urea groups is 1. The molecule has 5 nitrogen and oxygen atoms in total. The van der Waals surface area contributed by atoms with E-state index in [2.05, 4.69) is 0 Å². The van der Waals surface area contributed by atoms with Gasteiger partial charge in [-0.05, 0) is 12.1 Å². The number of nitrogens with one attached hydrogen (secondary N) is 1. The van der Waals surface area contributed by atoms with Crippen molar-refractivity contribution in [3.8, 4) is 0 Å². The third-order valence-corrected chi connectivity index (χ3v) is 2.59. The zero-order valence-electron chi connectivity index (χ0n) is 10.8. The Bertz CT molecular complexity index is 537. The second-order valence-corrected chi connectivity index (χ2v) is 4.27. The van der Waals surface area contributed by atoms with Crippen LogP contribution < -0.4 is 5.32 Å². The molecule has 0 heterocycles. The lowest BCUT2D eigenvalue weighted by atomic mass is 10.2. The minimum Gasteiger partial charge on any atom is -0.481 e. The van der Waals surface area contributed by atoms with Gasteiger partial charge in [0.1, 0.15) is 0 Å². The van der Waals surface area contributed by atoms with E-state index in [1.807, 2.05) is 5.32 Å². The molecule has 0 bridgehead atoms. The summed E-state index contributed by atoms with van der Waals surface area (Å²) in [6, 6.07) is 0.719. The average molecular weight is 290 g/mol. The summed E-state index contributed by atoms with van der Waals surface area (Å²) in [5, 5.41) is 10.7. The van der Waals surface area contributed by atoms with E-state index in [0.717, 1.165) is 11.0 Å². The summed E-state index contributed by atoms with van der Waals surface area (Å²) in [6.07, 6.45) is 0. The highest BCUT2D eigenvalue weighted by molar-refractivity contribution is 5.89. The van der Waals surface area contributed by atoms with Crippen LogP contribution in [0.25, 0.3) is 0 Å². The summed E-state index contributed by atoms with van der Waals surface area (Å²) >= 11 is 0. The number of anilines is 1. The number of aliphatic carboxylic acids is 1. The third kappa shape index (κ3) is 3.62. The van der Waals surface area contributed by atoms with Crippen LogP contribution in [-0.2, 0) is 4.79 Å². The molecule has 8 heteroatoms. The van der Waals surface area contributed by atoms with E-state index < -0.39 is 41.1 Å². The third-order valence-electron chi connectivity index (χ3n) is 2.59. The molecule has 0 fully saturated rings. The lowest BCUT2D eigenvalue weighted by molar-refractivity contribution is -0.141. The predicted octanol–water partition coefficient (Wildman–Crippen LogP) is 2.29. The molecular formula is C12H13F3N2O3. The summed E-state index contributed by atoms with van der Waals surface area (Å²) in [7, 11) is 1.30. The molecule has 0 radical (unpaired) electrons. The Balaban J connectivity index is 2.76. The Morgan fingerprint density at radius 3 is 2.45 bits per heavy atom. The van der Waals surface area contributed by atoms with Crippen LogP contribution in [0.1, 0.15) is 6.92 Å². The normalized spacial score (nSPS) is 11.8.